The third-order valence-electron chi connectivity index (χ3n) is 4.78. The highest BCUT2D eigenvalue weighted by molar-refractivity contribution is 5.83. The Morgan fingerprint density at radius 3 is 2.21 bits per heavy atom. The fourth-order valence-electron chi connectivity index (χ4n) is 3.50. The van der Waals surface area contributed by atoms with Gasteiger partial charge in [-0.05, 0) is 45.4 Å². The van der Waals surface area contributed by atoms with Crippen LogP contribution in [0.5, 0.6) is 0 Å². The Morgan fingerprint density at radius 2 is 1.74 bits per heavy atom. The molecule has 0 aromatic rings. The Bertz CT molecular complexity index is 314. The fourth-order valence-corrected chi connectivity index (χ4v) is 3.50. The van der Waals surface area contributed by atoms with Gasteiger partial charge in [-0.15, -0.1) is 0 Å². The van der Waals surface area contributed by atoms with Gasteiger partial charge in [0, 0.05) is 19.6 Å². The number of nitrogens with zero attached hydrogens (tertiary/aromatic N) is 1. The van der Waals surface area contributed by atoms with Crippen LogP contribution in [0.2, 0.25) is 0 Å². The molecule has 0 spiro atoms. The highest BCUT2D eigenvalue weighted by Gasteiger charge is 2.43. The van der Waals surface area contributed by atoms with Crippen LogP contribution >= 0.6 is 0 Å². The highest BCUT2D eigenvalue weighted by Crippen LogP contribution is 2.40. The largest absolute Gasteiger partial charge is 0.372 e. The van der Waals surface area contributed by atoms with Crippen LogP contribution in [0.25, 0.3) is 0 Å². The van der Waals surface area contributed by atoms with Crippen molar-refractivity contribution in [2.75, 3.05) is 19.6 Å². The predicted molar refractivity (Wildman–Crippen MR) is 75.7 cm³/mol. The van der Waals surface area contributed by atoms with Crippen LogP contribution in [0.4, 0.5) is 0 Å². The summed E-state index contributed by atoms with van der Waals surface area (Å²) in [4.78, 5) is 14.9. The molecular formula is C15H28N2O2. The van der Waals surface area contributed by atoms with Gasteiger partial charge in [0.15, 0.2) is 0 Å². The average molecular weight is 268 g/mol. The van der Waals surface area contributed by atoms with E-state index >= 15 is 0 Å². The van der Waals surface area contributed by atoms with Crippen molar-refractivity contribution in [1.29, 1.82) is 0 Å². The summed E-state index contributed by atoms with van der Waals surface area (Å²) in [6.07, 6.45) is 4.40. The first-order chi connectivity index (χ1) is 8.97. The molecule has 0 aromatic heterocycles. The summed E-state index contributed by atoms with van der Waals surface area (Å²) in [6.45, 7) is 8.24. The van der Waals surface area contributed by atoms with Crippen molar-refractivity contribution >= 4 is 5.91 Å². The maximum absolute atomic E-state index is 12.9. The van der Waals surface area contributed by atoms with E-state index in [0.29, 0.717) is 19.6 Å². The number of hydrogen-bond donors (Lipinski definition) is 1. The van der Waals surface area contributed by atoms with Gasteiger partial charge in [0.05, 0.1) is 17.6 Å². The second-order valence-electron chi connectivity index (χ2n) is 6.63. The number of carbonyl (C=O) groups excluding carboxylic acids is 1. The first kappa shape index (κ1) is 14.8. The minimum absolute atomic E-state index is 0.130. The second kappa shape index (κ2) is 5.80. The van der Waals surface area contributed by atoms with E-state index in [9.17, 15) is 4.79 Å². The van der Waals surface area contributed by atoms with Crippen LogP contribution in [0.15, 0.2) is 0 Å². The highest BCUT2D eigenvalue weighted by atomic mass is 16.5. The van der Waals surface area contributed by atoms with E-state index in [-0.39, 0.29) is 23.5 Å². The molecule has 2 rings (SSSR count). The Labute approximate surface area is 116 Å². The monoisotopic (exact) mass is 268 g/mol. The zero-order chi connectivity index (χ0) is 14.0. The van der Waals surface area contributed by atoms with Crippen LogP contribution < -0.4 is 5.73 Å². The Kier molecular flexibility index (Phi) is 4.51. The minimum atomic E-state index is -0.302. The quantitative estimate of drug-likeness (QED) is 0.830. The molecule has 1 heterocycles. The number of hydrogen-bond acceptors (Lipinski definition) is 3. The molecule has 2 atom stereocenters. The molecule has 19 heavy (non-hydrogen) atoms. The molecule has 4 heteroatoms. The molecule has 2 fully saturated rings. The van der Waals surface area contributed by atoms with Gasteiger partial charge in [-0.2, -0.15) is 0 Å². The van der Waals surface area contributed by atoms with E-state index in [0.717, 1.165) is 31.6 Å². The Balaban J connectivity index is 2.08. The summed E-state index contributed by atoms with van der Waals surface area (Å²) in [7, 11) is 0. The lowest BCUT2D eigenvalue weighted by atomic mass is 9.70. The maximum atomic E-state index is 12.9. The third-order valence-corrected chi connectivity index (χ3v) is 4.78. The molecule has 0 unspecified atom stereocenters. The number of carbonyl (C=O) groups is 1. The van der Waals surface area contributed by atoms with Gasteiger partial charge in [-0.25, -0.2) is 0 Å². The SMILES string of the molecule is CC1CCC(CN)(C(=O)N2C[C@@H](C)O[C@@H](C)C2)CC1. The van der Waals surface area contributed by atoms with E-state index < -0.39 is 0 Å². The Hall–Kier alpha value is -0.610. The summed E-state index contributed by atoms with van der Waals surface area (Å²) in [5.74, 6) is 0.999. The normalized spacial score (nSPS) is 40.2. The smallest absolute Gasteiger partial charge is 0.230 e. The van der Waals surface area contributed by atoms with Gasteiger partial charge in [0.2, 0.25) is 5.91 Å². The van der Waals surface area contributed by atoms with E-state index in [4.69, 9.17) is 10.5 Å². The van der Waals surface area contributed by atoms with Gasteiger partial charge in [-0.3, -0.25) is 4.79 Å². The zero-order valence-electron chi connectivity index (χ0n) is 12.5. The maximum Gasteiger partial charge on any atom is 0.230 e. The van der Waals surface area contributed by atoms with Gasteiger partial charge < -0.3 is 15.4 Å². The first-order valence-electron chi connectivity index (χ1n) is 7.62. The first-order valence-corrected chi connectivity index (χ1v) is 7.62. The van der Waals surface area contributed by atoms with E-state index in [1.54, 1.807) is 0 Å². The summed E-state index contributed by atoms with van der Waals surface area (Å²) < 4.78 is 5.71. The molecule has 1 aliphatic carbocycles. The second-order valence-corrected chi connectivity index (χ2v) is 6.63. The van der Waals surface area contributed by atoms with Crippen molar-refractivity contribution in [2.45, 2.75) is 58.7 Å². The lowest BCUT2D eigenvalue weighted by molar-refractivity contribution is -0.155. The van der Waals surface area contributed by atoms with Crippen LogP contribution in [0.3, 0.4) is 0 Å². The molecular weight excluding hydrogens is 240 g/mol. The summed E-state index contributed by atoms with van der Waals surface area (Å²) >= 11 is 0. The average Bonchev–Trinajstić information content (AvgIpc) is 2.38. The van der Waals surface area contributed by atoms with Gasteiger partial charge in [0.1, 0.15) is 0 Å². The molecule has 1 saturated carbocycles. The van der Waals surface area contributed by atoms with Crippen molar-refractivity contribution in [1.82, 2.24) is 4.90 Å². The third kappa shape index (κ3) is 3.11. The van der Waals surface area contributed by atoms with Crippen molar-refractivity contribution < 1.29 is 9.53 Å². The molecule has 0 bridgehead atoms. The molecule has 2 N–H and O–H groups in total. The van der Waals surface area contributed by atoms with Crippen LogP contribution in [0.1, 0.15) is 46.5 Å². The van der Waals surface area contributed by atoms with Gasteiger partial charge >= 0.3 is 0 Å². The predicted octanol–water partition coefficient (Wildman–Crippen LogP) is 1.78. The van der Waals surface area contributed by atoms with Crippen molar-refractivity contribution in [3.8, 4) is 0 Å². The van der Waals surface area contributed by atoms with E-state index in [2.05, 4.69) is 6.92 Å². The lowest BCUT2D eigenvalue weighted by Gasteiger charge is -2.44. The standard InChI is InChI=1S/C15H28N2O2/c1-11-4-6-15(10-16,7-5-11)14(18)17-8-12(2)19-13(3)9-17/h11-13H,4-10,16H2,1-3H3/t11?,12-,13+,15?. The van der Waals surface area contributed by atoms with Crippen LogP contribution in [0, 0.1) is 11.3 Å². The van der Waals surface area contributed by atoms with Gasteiger partial charge in [0.25, 0.3) is 0 Å². The van der Waals surface area contributed by atoms with Crippen LogP contribution in [-0.4, -0.2) is 42.6 Å². The molecule has 0 aromatic carbocycles. The molecule has 1 amide bonds. The molecule has 110 valence electrons. The van der Waals surface area contributed by atoms with Crippen molar-refractivity contribution in [3.05, 3.63) is 0 Å². The molecule has 1 aliphatic heterocycles. The summed E-state index contributed by atoms with van der Waals surface area (Å²) in [5.41, 5.74) is 5.68. The number of morpholine rings is 1. The number of nitrogens with two attached hydrogens (primary N) is 1. The summed E-state index contributed by atoms with van der Waals surface area (Å²) in [5, 5.41) is 0. The molecule has 4 nitrogen and oxygen atoms in total. The fraction of sp³-hybridized carbons (Fsp3) is 0.933. The molecule has 2 aliphatic rings. The number of amides is 1. The van der Waals surface area contributed by atoms with E-state index in [1.807, 2.05) is 18.7 Å². The lowest BCUT2D eigenvalue weighted by Crippen LogP contribution is -2.55. The van der Waals surface area contributed by atoms with Crippen molar-refractivity contribution in [2.24, 2.45) is 17.1 Å². The number of rotatable bonds is 2. The molecule has 0 radical (unpaired) electrons. The Morgan fingerprint density at radius 1 is 1.21 bits per heavy atom. The minimum Gasteiger partial charge on any atom is -0.372 e. The molecule has 1 saturated heterocycles. The van der Waals surface area contributed by atoms with Crippen molar-refractivity contribution in [3.63, 3.8) is 0 Å². The summed E-state index contributed by atoms with van der Waals surface area (Å²) in [6, 6.07) is 0. The topological polar surface area (TPSA) is 55.6 Å². The zero-order valence-corrected chi connectivity index (χ0v) is 12.5. The van der Waals surface area contributed by atoms with E-state index in [1.165, 1.54) is 0 Å². The number of ether oxygens (including phenoxy) is 1. The van der Waals surface area contributed by atoms with Crippen LogP contribution in [-0.2, 0) is 9.53 Å². The van der Waals surface area contributed by atoms with Gasteiger partial charge in [-0.1, -0.05) is 6.92 Å².